The predicted octanol–water partition coefficient (Wildman–Crippen LogP) is 4.62. The van der Waals surface area contributed by atoms with Crippen molar-refractivity contribution in [3.63, 3.8) is 0 Å². The summed E-state index contributed by atoms with van der Waals surface area (Å²) in [5.41, 5.74) is 3.23. The van der Waals surface area contributed by atoms with Crippen molar-refractivity contribution in [2.45, 2.75) is 43.9 Å². The number of carbonyl (C=O) groups is 1. The number of ether oxygens (including phenoxy) is 1. The van der Waals surface area contributed by atoms with Gasteiger partial charge in [-0.3, -0.25) is 14.7 Å². The number of rotatable bonds is 4. The van der Waals surface area contributed by atoms with Gasteiger partial charge in [0, 0.05) is 53.4 Å². The average molecular weight is 478 g/mol. The lowest BCUT2D eigenvalue weighted by Crippen LogP contribution is -2.59. The molecule has 3 fully saturated rings. The summed E-state index contributed by atoms with van der Waals surface area (Å²) >= 11 is 6.68. The van der Waals surface area contributed by atoms with Crippen LogP contribution < -0.4 is 0 Å². The minimum atomic E-state index is -0.222. The maximum atomic E-state index is 12.2. The van der Waals surface area contributed by atoms with Crippen molar-refractivity contribution in [1.82, 2.24) is 14.8 Å². The zero-order valence-corrected chi connectivity index (χ0v) is 19.8. The summed E-state index contributed by atoms with van der Waals surface area (Å²) < 4.78 is 6.07. The van der Waals surface area contributed by atoms with E-state index >= 15 is 0 Å². The number of phenolic OH excluding ortho intramolecular Hbond substituents is 1. The average Bonchev–Trinajstić information content (AvgIpc) is 3.69. The van der Waals surface area contributed by atoms with E-state index in [9.17, 15) is 9.90 Å². The van der Waals surface area contributed by atoms with Crippen LogP contribution in [0, 0.1) is 0 Å². The number of fused-ring (bicyclic) bond motifs is 1. The second kappa shape index (κ2) is 8.52. The Balaban J connectivity index is 1.15. The molecule has 1 saturated carbocycles. The molecule has 6 rings (SSSR count). The van der Waals surface area contributed by atoms with Gasteiger partial charge in [0.05, 0.1) is 17.7 Å². The Bertz CT molecular complexity index is 1250. The number of piperidine rings is 1. The summed E-state index contributed by atoms with van der Waals surface area (Å²) in [7, 11) is 0. The van der Waals surface area contributed by atoms with E-state index in [0.717, 1.165) is 72.9 Å². The van der Waals surface area contributed by atoms with Crippen LogP contribution in [0.5, 0.6) is 5.75 Å². The number of carbonyl (C=O) groups excluding carboxylic acids is 1. The molecule has 7 heteroatoms. The smallest absolute Gasteiger partial charge is 0.248 e. The maximum absolute atomic E-state index is 12.2. The number of aromatic nitrogens is 1. The number of hydrogen-bond acceptors (Lipinski definition) is 5. The van der Waals surface area contributed by atoms with E-state index in [2.05, 4.69) is 9.88 Å². The first-order valence-corrected chi connectivity index (χ1v) is 12.4. The van der Waals surface area contributed by atoms with Crippen LogP contribution >= 0.6 is 11.6 Å². The first-order chi connectivity index (χ1) is 16.5. The standard InChI is InChI=1S/C27H28ClN3O3/c28-23-12-20(25(32)14-22(23)19-4-3-18-2-1-9-29-24(18)13-19)15-30-10-7-27(8-11-30)17-31(21-5-6-21)26(33)16-34-27/h1-4,9,12-14,21,32H,5-8,10-11,15-17H2. The predicted molar refractivity (Wildman–Crippen MR) is 132 cm³/mol. The Morgan fingerprint density at radius 3 is 2.76 bits per heavy atom. The van der Waals surface area contributed by atoms with Gasteiger partial charge in [0.2, 0.25) is 5.91 Å². The lowest BCUT2D eigenvalue weighted by Gasteiger charge is -2.47. The lowest BCUT2D eigenvalue weighted by molar-refractivity contribution is -0.172. The number of hydrogen-bond donors (Lipinski definition) is 1. The first-order valence-electron chi connectivity index (χ1n) is 12.0. The van der Waals surface area contributed by atoms with Crippen molar-refractivity contribution in [3.8, 4) is 16.9 Å². The molecule has 2 aliphatic heterocycles. The topological polar surface area (TPSA) is 65.9 Å². The highest BCUT2D eigenvalue weighted by molar-refractivity contribution is 6.33. The third kappa shape index (κ3) is 4.15. The van der Waals surface area contributed by atoms with Gasteiger partial charge >= 0.3 is 0 Å². The molecule has 2 aromatic carbocycles. The first kappa shape index (κ1) is 21.8. The van der Waals surface area contributed by atoms with Crippen LogP contribution in [0.4, 0.5) is 0 Å². The largest absolute Gasteiger partial charge is 0.508 e. The summed E-state index contributed by atoms with van der Waals surface area (Å²) in [6.07, 6.45) is 5.80. The monoisotopic (exact) mass is 477 g/mol. The van der Waals surface area contributed by atoms with Gasteiger partial charge in [-0.05, 0) is 55.5 Å². The summed E-state index contributed by atoms with van der Waals surface area (Å²) in [5, 5.41) is 12.5. The highest BCUT2D eigenvalue weighted by atomic mass is 35.5. The zero-order valence-electron chi connectivity index (χ0n) is 19.0. The van der Waals surface area contributed by atoms with Crippen LogP contribution in [0.1, 0.15) is 31.2 Å². The molecule has 1 aromatic heterocycles. The molecule has 1 spiro atoms. The second-order valence-corrected chi connectivity index (χ2v) is 10.3. The highest BCUT2D eigenvalue weighted by Crippen LogP contribution is 2.38. The van der Waals surface area contributed by atoms with Gasteiger partial charge in [0.1, 0.15) is 12.4 Å². The molecule has 34 heavy (non-hydrogen) atoms. The Morgan fingerprint density at radius 1 is 1.15 bits per heavy atom. The van der Waals surface area contributed by atoms with Gasteiger partial charge in [-0.1, -0.05) is 29.8 Å². The molecule has 0 radical (unpaired) electrons. The molecule has 0 bridgehead atoms. The fourth-order valence-electron chi connectivity index (χ4n) is 5.31. The number of morpholine rings is 1. The van der Waals surface area contributed by atoms with E-state index in [1.807, 2.05) is 41.3 Å². The molecule has 1 amide bonds. The molecule has 3 aliphatic rings. The van der Waals surface area contributed by atoms with Crippen molar-refractivity contribution in [2.75, 3.05) is 26.2 Å². The van der Waals surface area contributed by atoms with Crippen LogP contribution in [-0.2, 0) is 16.1 Å². The van der Waals surface area contributed by atoms with E-state index < -0.39 is 0 Å². The van der Waals surface area contributed by atoms with Gasteiger partial charge in [-0.2, -0.15) is 0 Å². The van der Waals surface area contributed by atoms with Gasteiger partial charge in [0.15, 0.2) is 0 Å². The summed E-state index contributed by atoms with van der Waals surface area (Å²) in [4.78, 5) is 21.0. The minimum absolute atomic E-state index is 0.136. The summed E-state index contributed by atoms with van der Waals surface area (Å²) in [5.74, 6) is 0.387. The lowest BCUT2D eigenvalue weighted by atomic mass is 9.89. The van der Waals surface area contributed by atoms with E-state index in [-0.39, 0.29) is 23.9 Å². The third-order valence-corrected chi connectivity index (χ3v) is 7.83. The van der Waals surface area contributed by atoms with Crippen LogP contribution in [0.15, 0.2) is 48.7 Å². The molecule has 1 aliphatic carbocycles. The van der Waals surface area contributed by atoms with E-state index in [1.54, 1.807) is 12.3 Å². The van der Waals surface area contributed by atoms with Crippen LogP contribution in [0.25, 0.3) is 22.0 Å². The number of benzene rings is 2. The van der Waals surface area contributed by atoms with Gasteiger partial charge in [-0.15, -0.1) is 0 Å². The maximum Gasteiger partial charge on any atom is 0.248 e. The molecular weight excluding hydrogens is 450 g/mol. The molecule has 3 heterocycles. The summed E-state index contributed by atoms with van der Waals surface area (Å²) in [6, 6.07) is 14.0. The SMILES string of the molecule is O=C1COC2(CCN(Cc3cc(Cl)c(-c4ccc5cccnc5c4)cc3O)CC2)CN1C1CC1. The van der Waals surface area contributed by atoms with Crippen molar-refractivity contribution < 1.29 is 14.6 Å². The molecule has 6 nitrogen and oxygen atoms in total. The van der Waals surface area contributed by atoms with E-state index in [1.165, 1.54) is 0 Å². The normalized spacial score (nSPS) is 20.9. The Morgan fingerprint density at radius 2 is 1.97 bits per heavy atom. The minimum Gasteiger partial charge on any atom is -0.508 e. The molecule has 1 N–H and O–H groups in total. The van der Waals surface area contributed by atoms with Gasteiger partial charge < -0.3 is 14.7 Å². The number of amides is 1. The quantitative estimate of drug-likeness (QED) is 0.594. The highest BCUT2D eigenvalue weighted by Gasteiger charge is 2.46. The van der Waals surface area contributed by atoms with Crippen LogP contribution in [-0.4, -0.2) is 63.7 Å². The second-order valence-electron chi connectivity index (χ2n) is 9.87. The number of pyridine rings is 1. The molecule has 2 saturated heterocycles. The van der Waals surface area contributed by atoms with E-state index in [0.29, 0.717) is 17.6 Å². The molecule has 0 unspecified atom stereocenters. The number of likely N-dealkylation sites (tertiary alicyclic amines) is 1. The third-order valence-electron chi connectivity index (χ3n) is 7.51. The fourth-order valence-corrected chi connectivity index (χ4v) is 5.60. The Labute approximate surface area is 204 Å². The fraction of sp³-hybridized carbons (Fsp3) is 0.407. The molecule has 0 atom stereocenters. The molecule has 176 valence electrons. The molecule has 3 aromatic rings. The van der Waals surface area contributed by atoms with Crippen LogP contribution in [0.3, 0.4) is 0 Å². The van der Waals surface area contributed by atoms with Gasteiger partial charge in [-0.25, -0.2) is 0 Å². The zero-order chi connectivity index (χ0) is 23.3. The van der Waals surface area contributed by atoms with Gasteiger partial charge in [0.25, 0.3) is 0 Å². The van der Waals surface area contributed by atoms with Crippen molar-refractivity contribution >= 4 is 28.4 Å². The number of halogens is 1. The van der Waals surface area contributed by atoms with E-state index in [4.69, 9.17) is 16.3 Å². The Hall–Kier alpha value is -2.67. The van der Waals surface area contributed by atoms with Crippen molar-refractivity contribution in [1.29, 1.82) is 0 Å². The number of nitrogens with zero attached hydrogens (tertiary/aromatic N) is 3. The Kier molecular flexibility index (Phi) is 5.47. The number of phenols is 1. The van der Waals surface area contributed by atoms with Crippen molar-refractivity contribution in [2.24, 2.45) is 0 Å². The number of aromatic hydroxyl groups is 1. The molecular formula is C27H28ClN3O3. The summed E-state index contributed by atoms with van der Waals surface area (Å²) in [6.45, 7) is 3.28. The van der Waals surface area contributed by atoms with Crippen LogP contribution in [0.2, 0.25) is 5.02 Å². The van der Waals surface area contributed by atoms with Crippen molar-refractivity contribution in [3.05, 3.63) is 59.2 Å².